The van der Waals surface area contributed by atoms with Gasteiger partial charge in [-0.15, -0.1) is 0 Å². The maximum atomic E-state index is 12.8. The highest BCUT2D eigenvalue weighted by Crippen LogP contribution is 2.42. The van der Waals surface area contributed by atoms with Crippen molar-refractivity contribution in [2.45, 2.75) is 13.0 Å². The number of carbonyl (C=O) groups excluding carboxylic acids is 1. The number of methoxy groups -OCH3 is 1. The number of nitrogens with one attached hydrogen (secondary N) is 2. The van der Waals surface area contributed by atoms with E-state index >= 15 is 0 Å². The lowest BCUT2D eigenvalue weighted by Crippen LogP contribution is -2.38. The predicted molar refractivity (Wildman–Crippen MR) is 117 cm³/mol. The van der Waals surface area contributed by atoms with Crippen molar-refractivity contribution in [2.24, 2.45) is 0 Å². The molecule has 0 aliphatic carbocycles. The smallest absolute Gasteiger partial charge is 0.271 e. The highest BCUT2D eigenvalue weighted by Gasteiger charge is 2.32. The number of nitrogens with zero attached hydrogens (tertiary/aromatic N) is 4. The van der Waals surface area contributed by atoms with Gasteiger partial charge in [0.2, 0.25) is 0 Å². The van der Waals surface area contributed by atoms with Crippen molar-refractivity contribution in [1.29, 1.82) is 0 Å². The van der Waals surface area contributed by atoms with Gasteiger partial charge in [0.1, 0.15) is 11.2 Å². The minimum absolute atomic E-state index is 0.00652. The Morgan fingerprint density at radius 1 is 1.37 bits per heavy atom. The van der Waals surface area contributed by atoms with Crippen LogP contribution in [0.15, 0.2) is 36.7 Å². The topological polar surface area (TPSA) is 94.0 Å². The molecule has 4 aromatic rings. The highest BCUT2D eigenvalue weighted by molar-refractivity contribution is 7.13. The zero-order valence-corrected chi connectivity index (χ0v) is 17.7. The molecule has 1 aliphatic rings. The quantitative estimate of drug-likeness (QED) is 0.492. The Morgan fingerprint density at radius 3 is 3.07 bits per heavy atom. The summed E-state index contributed by atoms with van der Waals surface area (Å²) in [4.78, 5) is 17.2. The second-order valence-corrected chi connectivity index (χ2v) is 8.13. The number of fused-ring (bicyclic) bond motifs is 2. The van der Waals surface area contributed by atoms with E-state index in [2.05, 4.69) is 20.0 Å². The second kappa shape index (κ2) is 7.26. The summed E-state index contributed by atoms with van der Waals surface area (Å²) in [5.74, 6) is 0.303. The van der Waals surface area contributed by atoms with Gasteiger partial charge in [0.25, 0.3) is 5.91 Å². The van der Waals surface area contributed by atoms with Crippen LogP contribution >= 0.6 is 23.1 Å². The van der Waals surface area contributed by atoms with Gasteiger partial charge >= 0.3 is 0 Å². The summed E-state index contributed by atoms with van der Waals surface area (Å²) in [5.41, 5.74) is 3.97. The Kier molecular flexibility index (Phi) is 4.56. The molecule has 0 bridgehead atoms. The van der Waals surface area contributed by atoms with Crippen molar-refractivity contribution < 1.29 is 9.53 Å². The van der Waals surface area contributed by atoms with E-state index in [0.29, 0.717) is 40.1 Å². The zero-order valence-electron chi connectivity index (χ0n) is 16.1. The molecule has 3 aromatic heterocycles. The molecule has 1 amide bonds. The molecule has 0 fully saturated rings. The molecule has 0 unspecified atom stereocenters. The van der Waals surface area contributed by atoms with Crippen LogP contribution in [0.5, 0.6) is 5.75 Å². The lowest BCUT2D eigenvalue weighted by molar-refractivity contribution is 0.0914. The molecule has 0 saturated carbocycles. The monoisotopic (exact) mass is 440 g/mol. The third-order valence-corrected chi connectivity index (χ3v) is 6.16. The van der Waals surface area contributed by atoms with Crippen LogP contribution in [0, 0.1) is 0 Å². The summed E-state index contributed by atoms with van der Waals surface area (Å²) in [6.45, 7) is 2.53. The molecule has 5 rings (SSSR count). The largest absolute Gasteiger partial charge is 0.493 e. The SMILES string of the molecule is COc1c(Cl)cccc1Nc1c(-c2ccnc3cnsc23)nn2c1C(=O)NC[C@@H]2C. The lowest BCUT2D eigenvalue weighted by Gasteiger charge is -2.22. The standard InChI is InChI=1S/C20H17ClN6O2S/c1-10-8-23-20(28)17-16(25-13-5-3-4-12(21)18(13)29-2)15(26-27(10)17)11-6-7-22-14-9-24-30-19(11)14/h3-7,9-10,25H,8H2,1-2H3,(H,23,28)/t10-/m0/s1. The summed E-state index contributed by atoms with van der Waals surface area (Å²) >= 11 is 7.65. The average Bonchev–Trinajstić information content (AvgIpc) is 3.36. The fraction of sp³-hybridized carbons (Fsp3) is 0.200. The summed E-state index contributed by atoms with van der Waals surface area (Å²) in [7, 11) is 1.55. The van der Waals surface area contributed by atoms with Gasteiger partial charge in [0.15, 0.2) is 11.4 Å². The van der Waals surface area contributed by atoms with Gasteiger partial charge in [0, 0.05) is 18.3 Å². The Bertz CT molecular complexity index is 1280. The molecular formula is C20H17ClN6O2S. The maximum Gasteiger partial charge on any atom is 0.271 e. The molecule has 4 heterocycles. The van der Waals surface area contributed by atoms with Crippen molar-refractivity contribution in [3.63, 3.8) is 0 Å². The molecular weight excluding hydrogens is 424 g/mol. The molecule has 1 aromatic carbocycles. The van der Waals surface area contributed by atoms with E-state index in [1.807, 2.05) is 25.1 Å². The van der Waals surface area contributed by atoms with E-state index in [9.17, 15) is 4.79 Å². The summed E-state index contributed by atoms with van der Waals surface area (Å²) in [5, 5.41) is 11.6. The lowest BCUT2D eigenvalue weighted by atomic mass is 10.1. The van der Waals surface area contributed by atoms with Crippen LogP contribution in [-0.2, 0) is 0 Å². The number of hydrogen-bond acceptors (Lipinski definition) is 7. The summed E-state index contributed by atoms with van der Waals surface area (Å²) in [6.07, 6.45) is 3.44. The van der Waals surface area contributed by atoms with Gasteiger partial charge in [0.05, 0.1) is 40.4 Å². The van der Waals surface area contributed by atoms with Crippen LogP contribution in [0.25, 0.3) is 21.5 Å². The Labute approximate surface area is 181 Å². The number of aromatic nitrogens is 4. The molecule has 30 heavy (non-hydrogen) atoms. The first-order valence-electron chi connectivity index (χ1n) is 9.28. The van der Waals surface area contributed by atoms with Crippen molar-refractivity contribution in [3.8, 4) is 17.0 Å². The molecule has 2 N–H and O–H groups in total. The van der Waals surface area contributed by atoms with E-state index in [-0.39, 0.29) is 11.9 Å². The number of para-hydroxylation sites is 1. The van der Waals surface area contributed by atoms with Crippen LogP contribution < -0.4 is 15.4 Å². The summed E-state index contributed by atoms with van der Waals surface area (Å²) < 4.78 is 12.4. The molecule has 0 saturated heterocycles. The first kappa shape index (κ1) is 18.8. The van der Waals surface area contributed by atoms with Crippen molar-refractivity contribution >= 4 is 50.6 Å². The molecule has 1 atom stereocenters. The molecule has 0 radical (unpaired) electrons. The van der Waals surface area contributed by atoms with E-state index in [0.717, 1.165) is 15.8 Å². The number of ether oxygens (including phenoxy) is 1. The predicted octanol–water partition coefficient (Wildman–Crippen LogP) is 4.26. The summed E-state index contributed by atoms with van der Waals surface area (Å²) in [6, 6.07) is 7.31. The number of benzene rings is 1. The molecule has 152 valence electrons. The van der Waals surface area contributed by atoms with Crippen LogP contribution in [-0.4, -0.2) is 38.7 Å². The fourth-order valence-electron chi connectivity index (χ4n) is 3.61. The average molecular weight is 441 g/mol. The first-order valence-corrected chi connectivity index (χ1v) is 10.4. The Hall–Kier alpha value is -3.17. The minimum atomic E-state index is -0.190. The molecule has 8 nitrogen and oxygen atoms in total. The minimum Gasteiger partial charge on any atom is -0.493 e. The number of halogens is 1. The van der Waals surface area contributed by atoms with Crippen molar-refractivity contribution in [1.82, 2.24) is 24.5 Å². The number of rotatable bonds is 4. The highest BCUT2D eigenvalue weighted by atomic mass is 35.5. The van der Waals surface area contributed by atoms with Crippen LogP contribution in [0.3, 0.4) is 0 Å². The van der Waals surface area contributed by atoms with Gasteiger partial charge in [-0.2, -0.15) is 9.47 Å². The fourth-order valence-corrected chi connectivity index (χ4v) is 4.58. The van der Waals surface area contributed by atoms with Gasteiger partial charge in [-0.25, -0.2) is 0 Å². The van der Waals surface area contributed by atoms with E-state index < -0.39 is 0 Å². The van der Waals surface area contributed by atoms with Crippen molar-refractivity contribution in [3.05, 3.63) is 47.4 Å². The normalized spacial score (nSPS) is 15.7. The third kappa shape index (κ3) is 2.89. The zero-order chi connectivity index (χ0) is 20.8. The van der Waals surface area contributed by atoms with Gasteiger partial charge in [-0.1, -0.05) is 17.7 Å². The maximum absolute atomic E-state index is 12.8. The van der Waals surface area contributed by atoms with E-state index in [4.69, 9.17) is 21.4 Å². The number of carbonyl (C=O) groups is 1. The van der Waals surface area contributed by atoms with Gasteiger partial charge in [-0.05, 0) is 36.7 Å². The van der Waals surface area contributed by atoms with Gasteiger partial charge < -0.3 is 15.4 Å². The van der Waals surface area contributed by atoms with Crippen molar-refractivity contribution in [2.75, 3.05) is 19.0 Å². The second-order valence-electron chi connectivity index (χ2n) is 6.92. The Morgan fingerprint density at radius 2 is 2.23 bits per heavy atom. The van der Waals surface area contributed by atoms with Crippen LogP contribution in [0.4, 0.5) is 11.4 Å². The van der Waals surface area contributed by atoms with E-state index in [1.54, 1.807) is 30.3 Å². The van der Waals surface area contributed by atoms with Gasteiger partial charge in [-0.3, -0.25) is 14.5 Å². The number of amides is 1. The number of pyridine rings is 1. The number of hydrogen-bond donors (Lipinski definition) is 2. The van der Waals surface area contributed by atoms with Crippen LogP contribution in [0.1, 0.15) is 23.5 Å². The molecule has 0 spiro atoms. The van der Waals surface area contributed by atoms with E-state index in [1.165, 1.54) is 11.5 Å². The molecule has 10 heteroatoms. The first-order chi connectivity index (χ1) is 14.6. The van der Waals surface area contributed by atoms with Crippen LogP contribution in [0.2, 0.25) is 5.02 Å². The molecule has 1 aliphatic heterocycles. The number of anilines is 2. The Balaban J connectivity index is 1.76. The third-order valence-electron chi connectivity index (χ3n) is 5.04.